The minimum absolute atomic E-state index is 0.102. The number of aryl methyl sites for hydroxylation is 1. The van der Waals surface area contributed by atoms with Crippen molar-refractivity contribution in [3.05, 3.63) is 88.6 Å². The molecule has 6 nitrogen and oxygen atoms in total. The van der Waals surface area contributed by atoms with E-state index in [1.807, 2.05) is 24.3 Å². The van der Waals surface area contributed by atoms with Crippen molar-refractivity contribution in [3.8, 4) is 6.07 Å². The zero-order valence-corrected chi connectivity index (χ0v) is 18.9. The predicted molar refractivity (Wildman–Crippen MR) is 128 cm³/mol. The van der Waals surface area contributed by atoms with Crippen molar-refractivity contribution in [2.45, 2.75) is 42.4 Å². The molecule has 1 amide bonds. The van der Waals surface area contributed by atoms with Crippen molar-refractivity contribution in [1.29, 1.82) is 5.26 Å². The van der Waals surface area contributed by atoms with Crippen LogP contribution in [0.5, 0.6) is 0 Å². The van der Waals surface area contributed by atoms with E-state index in [1.54, 1.807) is 19.1 Å². The number of nitrogens with one attached hydrogen (secondary N) is 1. The normalized spacial score (nSPS) is 15.7. The van der Waals surface area contributed by atoms with E-state index in [-0.39, 0.29) is 11.5 Å². The van der Waals surface area contributed by atoms with Gasteiger partial charge in [0, 0.05) is 11.4 Å². The molecule has 0 radical (unpaired) electrons. The number of hydrogen-bond acceptors (Lipinski definition) is 5. The third-order valence-electron chi connectivity index (χ3n) is 5.78. The van der Waals surface area contributed by atoms with E-state index in [1.165, 1.54) is 29.5 Å². The Kier molecular flexibility index (Phi) is 6.76. The molecule has 3 aromatic rings. The highest BCUT2D eigenvalue weighted by Gasteiger charge is 2.25. The first kappa shape index (κ1) is 22.6. The second-order valence-electron chi connectivity index (χ2n) is 8.04. The molecule has 2 unspecified atom stereocenters. The van der Waals surface area contributed by atoms with E-state index in [4.69, 9.17) is 10.1 Å². The van der Waals surface area contributed by atoms with E-state index in [2.05, 4.69) is 23.5 Å². The van der Waals surface area contributed by atoms with Crippen molar-refractivity contribution in [2.24, 2.45) is 0 Å². The van der Waals surface area contributed by atoms with Gasteiger partial charge in [0.25, 0.3) is 0 Å². The summed E-state index contributed by atoms with van der Waals surface area (Å²) < 4.78 is 0. The van der Waals surface area contributed by atoms with E-state index in [0.29, 0.717) is 22.2 Å². The molecule has 2 atom stereocenters. The van der Waals surface area contributed by atoms with Gasteiger partial charge in [-0.05, 0) is 67.5 Å². The predicted octanol–water partition coefficient (Wildman–Crippen LogP) is 5.04. The number of rotatable bonds is 6. The van der Waals surface area contributed by atoms with Gasteiger partial charge in [-0.25, -0.2) is 9.78 Å². The number of carbonyl (C=O) groups is 2. The van der Waals surface area contributed by atoms with Gasteiger partial charge in [0.05, 0.1) is 16.4 Å². The number of benzene rings is 2. The maximum Gasteiger partial charge on any atom is 0.335 e. The summed E-state index contributed by atoms with van der Waals surface area (Å²) in [7, 11) is 0. The Morgan fingerprint density at radius 2 is 1.97 bits per heavy atom. The summed E-state index contributed by atoms with van der Waals surface area (Å²) in [6, 6.07) is 20.7. The summed E-state index contributed by atoms with van der Waals surface area (Å²) in [6.07, 6.45) is 2.68. The number of carboxylic acids is 1. The first-order chi connectivity index (χ1) is 15.9. The number of aromatic carboxylic acids is 1. The SMILES string of the molecule is CC(Sc1nc2c(cc1C#N)CC(c1ccccc1)CC2)C(=O)Nc1cccc(C(=O)O)c1. The lowest BCUT2D eigenvalue weighted by molar-refractivity contribution is -0.115. The van der Waals surface area contributed by atoms with Gasteiger partial charge in [0.2, 0.25) is 5.91 Å². The molecule has 0 aliphatic heterocycles. The molecule has 166 valence electrons. The van der Waals surface area contributed by atoms with Gasteiger partial charge in [0.15, 0.2) is 0 Å². The Bertz CT molecular complexity index is 1240. The number of nitrogens with zero attached hydrogens (tertiary/aromatic N) is 2. The summed E-state index contributed by atoms with van der Waals surface area (Å²) in [4.78, 5) is 28.6. The van der Waals surface area contributed by atoms with Gasteiger partial charge in [-0.3, -0.25) is 4.79 Å². The Balaban J connectivity index is 1.48. The lowest BCUT2D eigenvalue weighted by Crippen LogP contribution is -2.23. The molecule has 0 saturated carbocycles. The van der Waals surface area contributed by atoms with Crippen molar-refractivity contribution >= 4 is 29.3 Å². The number of anilines is 1. The molecular formula is C26H23N3O3S. The summed E-state index contributed by atoms with van der Waals surface area (Å²) in [6.45, 7) is 1.74. The second-order valence-corrected chi connectivity index (χ2v) is 9.37. The molecule has 33 heavy (non-hydrogen) atoms. The quantitative estimate of drug-likeness (QED) is 0.503. The standard InChI is InChI=1S/C26H23N3O3S/c1-16(24(30)28-22-9-5-8-19(14-22)26(31)32)33-25-21(15-27)13-20-12-18(10-11-23(20)29-25)17-6-3-2-4-7-17/h2-9,13-14,16,18H,10-12H2,1H3,(H,28,30)(H,31,32). The third-order valence-corrected chi connectivity index (χ3v) is 6.88. The molecular weight excluding hydrogens is 434 g/mol. The van der Waals surface area contributed by atoms with E-state index in [9.17, 15) is 14.9 Å². The highest BCUT2D eigenvalue weighted by molar-refractivity contribution is 8.00. The molecule has 0 bridgehead atoms. The minimum Gasteiger partial charge on any atom is -0.478 e. The monoisotopic (exact) mass is 457 g/mol. The highest BCUT2D eigenvalue weighted by atomic mass is 32.2. The number of nitriles is 1. The number of thioether (sulfide) groups is 1. The van der Waals surface area contributed by atoms with Gasteiger partial charge >= 0.3 is 5.97 Å². The van der Waals surface area contributed by atoms with Crippen LogP contribution in [0.25, 0.3) is 0 Å². The summed E-state index contributed by atoms with van der Waals surface area (Å²) >= 11 is 1.24. The van der Waals surface area contributed by atoms with Crippen LogP contribution < -0.4 is 5.32 Å². The zero-order valence-electron chi connectivity index (χ0n) is 18.1. The van der Waals surface area contributed by atoms with Crippen molar-refractivity contribution in [1.82, 2.24) is 4.98 Å². The zero-order chi connectivity index (χ0) is 23.4. The summed E-state index contributed by atoms with van der Waals surface area (Å²) in [5.41, 5.74) is 4.38. The third kappa shape index (κ3) is 5.24. The number of carboxylic acid groups (broad SMARTS) is 1. The maximum atomic E-state index is 12.7. The molecule has 7 heteroatoms. The maximum absolute atomic E-state index is 12.7. The van der Waals surface area contributed by atoms with Gasteiger partial charge in [0.1, 0.15) is 11.1 Å². The number of pyridine rings is 1. The first-order valence-corrected chi connectivity index (χ1v) is 11.6. The molecule has 1 heterocycles. The van der Waals surface area contributed by atoms with E-state index < -0.39 is 11.2 Å². The average molecular weight is 458 g/mol. The van der Waals surface area contributed by atoms with Crippen LogP contribution in [-0.2, 0) is 17.6 Å². The van der Waals surface area contributed by atoms with Gasteiger partial charge in [-0.1, -0.05) is 48.2 Å². The molecule has 2 N–H and O–H groups in total. The Morgan fingerprint density at radius 3 is 2.70 bits per heavy atom. The van der Waals surface area contributed by atoms with Crippen LogP contribution in [0.4, 0.5) is 5.69 Å². The number of hydrogen-bond donors (Lipinski definition) is 2. The number of amides is 1. The molecule has 2 aromatic carbocycles. The topological polar surface area (TPSA) is 103 Å². The minimum atomic E-state index is -1.06. The van der Waals surface area contributed by atoms with Crippen LogP contribution in [0.2, 0.25) is 0 Å². The van der Waals surface area contributed by atoms with Crippen molar-refractivity contribution in [2.75, 3.05) is 5.32 Å². The fourth-order valence-corrected chi connectivity index (χ4v) is 4.92. The Labute approximate surface area is 196 Å². The van der Waals surface area contributed by atoms with Crippen molar-refractivity contribution < 1.29 is 14.7 Å². The van der Waals surface area contributed by atoms with Gasteiger partial charge in [-0.15, -0.1) is 0 Å². The largest absolute Gasteiger partial charge is 0.478 e. The number of carbonyl (C=O) groups excluding carboxylic acids is 1. The van der Waals surface area contributed by atoms with Gasteiger partial charge < -0.3 is 10.4 Å². The molecule has 1 aliphatic carbocycles. The lowest BCUT2D eigenvalue weighted by Gasteiger charge is -2.25. The van der Waals surface area contributed by atoms with Crippen LogP contribution in [0.1, 0.15) is 52.0 Å². The number of fused-ring (bicyclic) bond motifs is 1. The average Bonchev–Trinajstić information content (AvgIpc) is 2.84. The van der Waals surface area contributed by atoms with Crippen LogP contribution in [0.3, 0.4) is 0 Å². The number of aromatic nitrogens is 1. The summed E-state index contributed by atoms with van der Waals surface area (Å²) in [5.74, 6) is -0.924. The van der Waals surface area contributed by atoms with Crippen LogP contribution >= 0.6 is 11.8 Å². The molecule has 0 fully saturated rings. The molecule has 1 aliphatic rings. The first-order valence-electron chi connectivity index (χ1n) is 10.7. The van der Waals surface area contributed by atoms with Crippen LogP contribution in [0.15, 0.2) is 65.7 Å². The fourth-order valence-electron chi connectivity index (χ4n) is 4.02. The van der Waals surface area contributed by atoms with Gasteiger partial charge in [-0.2, -0.15) is 5.26 Å². The van der Waals surface area contributed by atoms with Crippen LogP contribution in [-0.4, -0.2) is 27.2 Å². The Hall–Kier alpha value is -3.63. The molecule has 0 saturated heterocycles. The van der Waals surface area contributed by atoms with Crippen molar-refractivity contribution in [3.63, 3.8) is 0 Å². The van der Waals surface area contributed by atoms with E-state index in [0.717, 1.165) is 30.5 Å². The van der Waals surface area contributed by atoms with E-state index >= 15 is 0 Å². The lowest BCUT2D eigenvalue weighted by atomic mass is 9.82. The highest BCUT2D eigenvalue weighted by Crippen LogP contribution is 2.35. The second kappa shape index (κ2) is 9.88. The Morgan fingerprint density at radius 1 is 1.18 bits per heavy atom. The molecule has 1 aromatic heterocycles. The molecule has 0 spiro atoms. The summed E-state index contributed by atoms with van der Waals surface area (Å²) in [5, 5.41) is 21.6. The fraction of sp³-hybridized carbons (Fsp3) is 0.231. The molecule has 4 rings (SSSR count). The van der Waals surface area contributed by atoms with Crippen LogP contribution in [0, 0.1) is 11.3 Å². The smallest absolute Gasteiger partial charge is 0.335 e.